The zero-order chi connectivity index (χ0) is 23.7. The lowest BCUT2D eigenvalue weighted by atomic mass is 10.1. The molecule has 3 rings (SSSR count). The monoisotopic (exact) mass is 465 g/mol. The van der Waals surface area contributed by atoms with Crippen LogP contribution in [0.4, 0.5) is 23.7 Å². The molecule has 0 unspecified atom stereocenters. The number of nitrogens with one attached hydrogen (secondary N) is 2. The highest BCUT2D eigenvalue weighted by Gasteiger charge is 2.27. The molecule has 3 N–H and O–H groups in total. The first kappa shape index (κ1) is 24.0. The number of aromatic nitrogens is 2. The average Bonchev–Trinajstić information content (AvgIpc) is 3.20. The van der Waals surface area contributed by atoms with Crippen LogP contribution in [0.15, 0.2) is 53.9 Å². The van der Waals surface area contributed by atoms with Gasteiger partial charge >= 0.3 is 12.2 Å². The van der Waals surface area contributed by atoms with E-state index in [1.54, 1.807) is 54.1 Å². The van der Waals surface area contributed by atoms with Gasteiger partial charge in [0.05, 0.1) is 37.9 Å². The number of halogens is 3. The van der Waals surface area contributed by atoms with E-state index in [1.165, 1.54) is 6.21 Å². The van der Waals surface area contributed by atoms with Crippen molar-refractivity contribution in [1.82, 2.24) is 14.7 Å². The number of ether oxygens (including phenoxy) is 1. The van der Waals surface area contributed by atoms with Crippen LogP contribution in [0.2, 0.25) is 0 Å². The van der Waals surface area contributed by atoms with Gasteiger partial charge in [-0.1, -0.05) is 17.3 Å². The van der Waals surface area contributed by atoms with Gasteiger partial charge in [-0.25, -0.2) is 9.78 Å². The normalized spacial score (nSPS) is 11.8. The number of nitrogens with zero attached hydrogens (tertiary/aromatic N) is 3. The molecule has 2 heterocycles. The molecule has 3 aromatic rings. The van der Waals surface area contributed by atoms with Crippen LogP contribution in [0.5, 0.6) is 0 Å². The molecule has 1 aromatic carbocycles. The minimum absolute atomic E-state index is 0.0479. The number of anilines is 1. The van der Waals surface area contributed by atoms with Crippen LogP contribution in [0.25, 0.3) is 16.9 Å². The summed E-state index contributed by atoms with van der Waals surface area (Å²) in [5.74, 6) is 0. The summed E-state index contributed by atoms with van der Waals surface area (Å²) < 4.78 is 43.6. The number of benzene rings is 1. The molecule has 33 heavy (non-hydrogen) atoms. The molecule has 176 valence electrons. The van der Waals surface area contributed by atoms with Crippen LogP contribution < -0.4 is 10.6 Å². The van der Waals surface area contributed by atoms with Crippen LogP contribution in [-0.4, -0.2) is 65.9 Å². The van der Waals surface area contributed by atoms with Crippen molar-refractivity contribution in [3.05, 3.63) is 54.4 Å². The quantitative estimate of drug-likeness (QED) is 0.242. The Morgan fingerprint density at radius 3 is 2.85 bits per heavy atom. The minimum Gasteiger partial charge on any atom is -0.394 e. The van der Waals surface area contributed by atoms with Gasteiger partial charge in [-0.3, -0.25) is 4.40 Å². The van der Waals surface area contributed by atoms with Gasteiger partial charge in [0.25, 0.3) is 0 Å². The Morgan fingerprint density at radius 1 is 1.21 bits per heavy atom. The Morgan fingerprint density at radius 2 is 2.06 bits per heavy atom. The highest BCUT2D eigenvalue weighted by Crippen LogP contribution is 2.24. The summed E-state index contributed by atoms with van der Waals surface area (Å²) in [6, 6.07) is 9.34. The molecule has 0 radical (unpaired) electrons. The molecular formula is C21H22F3N5O4. The third-order valence-electron chi connectivity index (χ3n) is 4.23. The van der Waals surface area contributed by atoms with Crippen molar-refractivity contribution in [3.63, 3.8) is 0 Å². The first-order valence-corrected chi connectivity index (χ1v) is 9.89. The number of pyridine rings is 1. The summed E-state index contributed by atoms with van der Waals surface area (Å²) >= 11 is 0. The number of carbonyl (C=O) groups excluding carboxylic acids is 1. The molecule has 0 aliphatic rings. The number of aliphatic hydroxyl groups excluding tert-OH is 1. The standard InChI is InChI=1S/C21H22F3N5O4/c22-21(23,24)14-26-20(31)28-17-3-1-2-16(11-17)18-13-25-19-10-15(4-5-29(18)19)12-27-33-9-8-32-7-6-30/h1-5,10-13,30H,6-9,14H2,(H2,26,28,31)/b27-12+. The fourth-order valence-corrected chi connectivity index (χ4v) is 2.82. The molecule has 2 amide bonds. The number of alkyl halides is 3. The largest absolute Gasteiger partial charge is 0.405 e. The van der Waals surface area contributed by atoms with E-state index >= 15 is 0 Å². The van der Waals surface area contributed by atoms with Crippen molar-refractivity contribution >= 4 is 23.6 Å². The van der Waals surface area contributed by atoms with Crippen LogP contribution in [-0.2, 0) is 9.57 Å². The third-order valence-corrected chi connectivity index (χ3v) is 4.23. The van der Waals surface area contributed by atoms with Gasteiger partial charge in [0.2, 0.25) is 0 Å². The summed E-state index contributed by atoms with van der Waals surface area (Å²) in [5, 5.41) is 16.6. The Balaban J connectivity index is 1.64. The highest BCUT2D eigenvalue weighted by molar-refractivity contribution is 5.90. The van der Waals surface area contributed by atoms with Crippen molar-refractivity contribution in [1.29, 1.82) is 0 Å². The van der Waals surface area contributed by atoms with Gasteiger partial charge in [0.15, 0.2) is 0 Å². The number of urea groups is 1. The third kappa shape index (κ3) is 7.47. The maximum atomic E-state index is 12.2. The SMILES string of the molecule is O=C(NCC(F)(F)F)Nc1cccc(-c2cnc3cc(/C=N/OCCOCCO)ccn23)c1. The lowest BCUT2D eigenvalue weighted by Crippen LogP contribution is -2.36. The Labute approximate surface area is 186 Å². The highest BCUT2D eigenvalue weighted by atomic mass is 19.4. The maximum Gasteiger partial charge on any atom is 0.405 e. The number of carbonyl (C=O) groups is 1. The van der Waals surface area contributed by atoms with E-state index in [4.69, 9.17) is 14.7 Å². The van der Waals surface area contributed by atoms with E-state index in [0.717, 1.165) is 11.3 Å². The van der Waals surface area contributed by atoms with Gasteiger partial charge in [-0.15, -0.1) is 0 Å². The number of fused-ring (bicyclic) bond motifs is 1. The number of oxime groups is 1. The zero-order valence-electron chi connectivity index (χ0n) is 17.4. The summed E-state index contributed by atoms with van der Waals surface area (Å²) in [7, 11) is 0. The van der Waals surface area contributed by atoms with E-state index < -0.39 is 18.8 Å². The number of amides is 2. The first-order chi connectivity index (χ1) is 15.9. The summed E-state index contributed by atoms with van der Waals surface area (Å²) in [6.45, 7) is -0.646. The second kappa shape index (κ2) is 11.3. The lowest BCUT2D eigenvalue weighted by Gasteiger charge is -2.10. The van der Waals surface area contributed by atoms with Crippen LogP contribution in [0.3, 0.4) is 0 Å². The summed E-state index contributed by atoms with van der Waals surface area (Å²) in [4.78, 5) is 21.2. The molecule has 0 aliphatic heterocycles. The van der Waals surface area contributed by atoms with E-state index in [1.807, 2.05) is 4.40 Å². The number of aliphatic hydroxyl groups is 1. The van der Waals surface area contributed by atoms with Crippen molar-refractivity contribution in [2.75, 3.05) is 38.3 Å². The Hall–Kier alpha value is -3.64. The van der Waals surface area contributed by atoms with E-state index in [-0.39, 0.29) is 19.8 Å². The fourth-order valence-electron chi connectivity index (χ4n) is 2.82. The smallest absolute Gasteiger partial charge is 0.394 e. The van der Waals surface area contributed by atoms with E-state index in [9.17, 15) is 18.0 Å². The van der Waals surface area contributed by atoms with Gasteiger partial charge in [-0.2, -0.15) is 13.2 Å². The molecule has 0 aliphatic carbocycles. The topological polar surface area (TPSA) is 109 Å². The zero-order valence-corrected chi connectivity index (χ0v) is 17.4. The number of hydrogen-bond donors (Lipinski definition) is 3. The molecule has 0 spiro atoms. The van der Waals surface area contributed by atoms with Crippen LogP contribution in [0.1, 0.15) is 5.56 Å². The fraction of sp³-hybridized carbons (Fsp3) is 0.286. The minimum atomic E-state index is -4.49. The van der Waals surface area contributed by atoms with Crippen molar-refractivity contribution in [2.45, 2.75) is 6.18 Å². The molecule has 0 saturated heterocycles. The van der Waals surface area contributed by atoms with Gasteiger partial charge < -0.3 is 25.3 Å². The first-order valence-electron chi connectivity index (χ1n) is 9.89. The van der Waals surface area contributed by atoms with Gasteiger partial charge in [0.1, 0.15) is 18.8 Å². The second-order valence-corrected chi connectivity index (χ2v) is 6.74. The molecule has 2 aromatic heterocycles. The number of imidazole rings is 1. The number of hydrogen-bond acceptors (Lipinski definition) is 6. The van der Waals surface area contributed by atoms with Crippen molar-refractivity contribution in [3.8, 4) is 11.3 Å². The Kier molecular flexibility index (Phi) is 8.22. The molecule has 9 nitrogen and oxygen atoms in total. The Bertz CT molecular complexity index is 1100. The molecule has 0 fully saturated rings. The van der Waals surface area contributed by atoms with Gasteiger partial charge in [-0.05, 0) is 24.3 Å². The van der Waals surface area contributed by atoms with E-state index in [0.29, 0.717) is 23.5 Å². The molecule has 0 saturated carbocycles. The molecule has 12 heteroatoms. The molecule has 0 bridgehead atoms. The molecular weight excluding hydrogens is 443 g/mol. The second-order valence-electron chi connectivity index (χ2n) is 6.74. The predicted molar refractivity (Wildman–Crippen MR) is 115 cm³/mol. The summed E-state index contributed by atoms with van der Waals surface area (Å²) in [6.07, 6.45) is 0.484. The number of rotatable bonds is 10. The lowest BCUT2D eigenvalue weighted by molar-refractivity contribution is -0.122. The van der Waals surface area contributed by atoms with E-state index in [2.05, 4.69) is 15.5 Å². The summed E-state index contributed by atoms with van der Waals surface area (Å²) in [5.41, 5.74) is 3.18. The van der Waals surface area contributed by atoms with Gasteiger partial charge in [0, 0.05) is 23.0 Å². The maximum absolute atomic E-state index is 12.2. The van der Waals surface area contributed by atoms with Crippen LogP contribution >= 0.6 is 0 Å². The molecule has 0 atom stereocenters. The average molecular weight is 465 g/mol. The van der Waals surface area contributed by atoms with Crippen LogP contribution in [0, 0.1) is 0 Å². The predicted octanol–water partition coefficient (Wildman–Crippen LogP) is 3.04. The van der Waals surface area contributed by atoms with Crippen molar-refractivity contribution < 1.29 is 32.6 Å². The van der Waals surface area contributed by atoms with Crippen molar-refractivity contribution in [2.24, 2.45) is 5.16 Å².